The Morgan fingerprint density at radius 3 is 2.70 bits per heavy atom. The van der Waals surface area contributed by atoms with E-state index in [-0.39, 0.29) is 30.8 Å². The number of pyridine rings is 1. The van der Waals surface area contributed by atoms with Crippen molar-refractivity contribution < 1.29 is 9.47 Å². The van der Waals surface area contributed by atoms with Gasteiger partial charge in [-0.1, -0.05) is 18.2 Å². The molecular weight excluding hydrogens is 457 g/mol. The normalized spacial score (nSPS) is 16.1. The molecule has 0 spiro atoms. The summed E-state index contributed by atoms with van der Waals surface area (Å²) in [6.45, 7) is 4.60. The lowest BCUT2D eigenvalue weighted by Crippen LogP contribution is -2.52. The molecule has 1 fully saturated rings. The highest BCUT2D eigenvalue weighted by Crippen LogP contribution is 2.35. The molecule has 0 aliphatic carbocycles. The van der Waals surface area contributed by atoms with Gasteiger partial charge in [0.15, 0.2) is 17.5 Å². The largest absolute Gasteiger partial charge is 0.454 e. The van der Waals surface area contributed by atoms with Crippen LogP contribution in [0.1, 0.15) is 5.56 Å². The molecule has 7 nitrogen and oxygen atoms in total. The number of benzene rings is 1. The van der Waals surface area contributed by atoms with Crippen molar-refractivity contribution in [3.8, 4) is 11.5 Å². The predicted molar refractivity (Wildman–Crippen MR) is 116 cm³/mol. The Morgan fingerprint density at radius 2 is 1.96 bits per heavy atom. The average Bonchev–Trinajstić information content (AvgIpc) is 3.19. The van der Waals surface area contributed by atoms with Crippen molar-refractivity contribution >= 4 is 35.8 Å². The number of para-hydroxylation sites is 1. The maximum atomic E-state index is 5.57. The second-order valence-electron chi connectivity index (χ2n) is 6.21. The van der Waals surface area contributed by atoms with E-state index in [1.54, 1.807) is 0 Å². The van der Waals surface area contributed by atoms with Crippen LogP contribution < -0.4 is 19.7 Å². The van der Waals surface area contributed by atoms with E-state index in [1.807, 2.05) is 43.6 Å². The van der Waals surface area contributed by atoms with Gasteiger partial charge in [0.25, 0.3) is 0 Å². The number of halogens is 1. The number of ether oxygens (including phenoxy) is 2. The second-order valence-corrected chi connectivity index (χ2v) is 6.21. The summed E-state index contributed by atoms with van der Waals surface area (Å²) in [6, 6.07) is 12.0. The Labute approximate surface area is 176 Å². The Kier molecular flexibility index (Phi) is 6.59. The van der Waals surface area contributed by atoms with Crippen LogP contribution in [0.3, 0.4) is 0 Å². The van der Waals surface area contributed by atoms with E-state index in [1.165, 1.54) is 0 Å². The monoisotopic (exact) mass is 481 g/mol. The maximum absolute atomic E-state index is 5.57. The molecule has 0 unspecified atom stereocenters. The molecule has 0 bridgehead atoms. The van der Waals surface area contributed by atoms with Crippen molar-refractivity contribution in [1.29, 1.82) is 0 Å². The Morgan fingerprint density at radius 1 is 1.11 bits per heavy atom. The van der Waals surface area contributed by atoms with Gasteiger partial charge in [-0.3, -0.25) is 4.99 Å². The summed E-state index contributed by atoms with van der Waals surface area (Å²) >= 11 is 0. The highest BCUT2D eigenvalue weighted by atomic mass is 127. The predicted octanol–water partition coefficient (Wildman–Crippen LogP) is 2.33. The van der Waals surface area contributed by atoms with Gasteiger partial charge in [-0.25, -0.2) is 4.98 Å². The number of aliphatic imine (C=N–C) groups is 1. The maximum Gasteiger partial charge on any atom is 0.231 e. The molecule has 144 valence electrons. The fourth-order valence-electron chi connectivity index (χ4n) is 3.32. The lowest BCUT2D eigenvalue weighted by molar-refractivity contribution is 0.173. The molecule has 0 saturated carbocycles. The SMILES string of the molecule is CN=C(NCc1cccc2c1OCO2)N1CCN(c2ccccn2)CC1.I. The summed E-state index contributed by atoms with van der Waals surface area (Å²) in [4.78, 5) is 13.5. The topological polar surface area (TPSA) is 62.2 Å². The summed E-state index contributed by atoms with van der Waals surface area (Å²) in [7, 11) is 1.82. The van der Waals surface area contributed by atoms with Crippen LogP contribution in [-0.2, 0) is 6.54 Å². The molecule has 1 saturated heterocycles. The number of anilines is 1. The van der Waals surface area contributed by atoms with Crippen LogP contribution in [0.2, 0.25) is 0 Å². The molecular formula is C19H24IN5O2. The highest BCUT2D eigenvalue weighted by Gasteiger charge is 2.21. The van der Waals surface area contributed by atoms with Crippen LogP contribution in [0.4, 0.5) is 5.82 Å². The number of aromatic nitrogens is 1. The van der Waals surface area contributed by atoms with Gasteiger partial charge in [0.1, 0.15) is 5.82 Å². The Balaban J connectivity index is 0.00000210. The van der Waals surface area contributed by atoms with Crippen LogP contribution in [0.15, 0.2) is 47.6 Å². The average molecular weight is 481 g/mol. The van der Waals surface area contributed by atoms with E-state index >= 15 is 0 Å². The van der Waals surface area contributed by atoms with Gasteiger partial charge in [0.05, 0.1) is 0 Å². The van der Waals surface area contributed by atoms with E-state index in [0.717, 1.165) is 55.0 Å². The molecule has 3 heterocycles. The van der Waals surface area contributed by atoms with Crippen molar-refractivity contribution in [2.24, 2.45) is 4.99 Å². The number of nitrogens with zero attached hydrogens (tertiary/aromatic N) is 4. The first-order valence-electron chi connectivity index (χ1n) is 8.84. The van der Waals surface area contributed by atoms with E-state index in [2.05, 4.69) is 31.2 Å². The van der Waals surface area contributed by atoms with Gasteiger partial charge in [0.2, 0.25) is 6.79 Å². The molecule has 8 heteroatoms. The van der Waals surface area contributed by atoms with E-state index in [4.69, 9.17) is 9.47 Å². The van der Waals surface area contributed by atoms with E-state index < -0.39 is 0 Å². The van der Waals surface area contributed by atoms with Gasteiger partial charge in [0, 0.05) is 51.5 Å². The van der Waals surface area contributed by atoms with Crippen molar-refractivity contribution in [3.63, 3.8) is 0 Å². The zero-order valence-corrected chi connectivity index (χ0v) is 17.6. The molecule has 1 N–H and O–H groups in total. The number of fused-ring (bicyclic) bond motifs is 1. The summed E-state index contributed by atoms with van der Waals surface area (Å²) in [5, 5.41) is 3.45. The highest BCUT2D eigenvalue weighted by molar-refractivity contribution is 14.0. The molecule has 27 heavy (non-hydrogen) atoms. The van der Waals surface area contributed by atoms with Crippen molar-refractivity contribution in [1.82, 2.24) is 15.2 Å². The number of piperazine rings is 1. The fraction of sp³-hybridized carbons (Fsp3) is 0.368. The van der Waals surface area contributed by atoms with Crippen molar-refractivity contribution in [2.45, 2.75) is 6.54 Å². The van der Waals surface area contributed by atoms with Gasteiger partial charge >= 0.3 is 0 Å². The summed E-state index contributed by atoms with van der Waals surface area (Å²) < 4.78 is 11.0. The first-order chi connectivity index (χ1) is 12.8. The van der Waals surface area contributed by atoms with Crippen LogP contribution in [-0.4, -0.2) is 55.9 Å². The standard InChI is InChI=1S/C19H23N5O2.HI/c1-20-19(22-13-15-5-4-6-16-18(15)26-14-25-16)24-11-9-23(10-12-24)17-7-2-3-8-21-17;/h2-8H,9-14H2,1H3,(H,20,22);1H. The second kappa shape index (κ2) is 9.12. The third-order valence-corrected chi connectivity index (χ3v) is 4.68. The summed E-state index contributed by atoms with van der Waals surface area (Å²) in [5.74, 6) is 3.58. The lowest BCUT2D eigenvalue weighted by Gasteiger charge is -2.37. The van der Waals surface area contributed by atoms with Crippen LogP contribution in [0, 0.1) is 0 Å². The van der Waals surface area contributed by atoms with Crippen molar-refractivity contribution in [2.75, 3.05) is 44.9 Å². The van der Waals surface area contributed by atoms with Crippen molar-refractivity contribution in [3.05, 3.63) is 48.2 Å². The third kappa shape index (κ3) is 4.37. The van der Waals surface area contributed by atoms with Gasteiger partial charge in [-0.05, 0) is 18.2 Å². The zero-order chi connectivity index (χ0) is 17.8. The molecule has 1 aromatic heterocycles. The molecule has 2 aromatic rings. The Hall–Kier alpha value is -2.23. The first kappa shape index (κ1) is 19.5. The quantitative estimate of drug-likeness (QED) is 0.413. The minimum absolute atomic E-state index is 0. The van der Waals surface area contributed by atoms with E-state index in [9.17, 15) is 0 Å². The number of hydrogen-bond acceptors (Lipinski definition) is 5. The zero-order valence-electron chi connectivity index (χ0n) is 15.3. The molecule has 0 atom stereocenters. The molecule has 4 rings (SSSR count). The van der Waals surface area contributed by atoms with E-state index in [0.29, 0.717) is 6.54 Å². The smallest absolute Gasteiger partial charge is 0.231 e. The summed E-state index contributed by atoms with van der Waals surface area (Å²) in [5.41, 5.74) is 1.08. The van der Waals surface area contributed by atoms with Gasteiger partial charge in [-0.2, -0.15) is 0 Å². The minimum Gasteiger partial charge on any atom is -0.454 e. The number of nitrogens with one attached hydrogen (secondary N) is 1. The molecule has 0 radical (unpaired) electrons. The Bertz CT molecular complexity index is 779. The third-order valence-electron chi connectivity index (χ3n) is 4.68. The molecule has 2 aliphatic heterocycles. The molecule has 0 amide bonds. The fourth-order valence-corrected chi connectivity index (χ4v) is 3.32. The number of guanidine groups is 1. The van der Waals surface area contributed by atoms with Crippen LogP contribution >= 0.6 is 24.0 Å². The lowest BCUT2D eigenvalue weighted by atomic mass is 10.2. The molecule has 2 aliphatic rings. The van der Waals surface area contributed by atoms with Gasteiger partial charge in [-0.15, -0.1) is 24.0 Å². The first-order valence-corrected chi connectivity index (χ1v) is 8.84. The number of rotatable bonds is 3. The van der Waals surface area contributed by atoms with Crippen LogP contribution in [0.5, 0.6) is 11.5 Å². The summed E-state index contributed by atoms with van der Waals surface area (Å²) in [6.07, 6.45) is 1.84. The molecule has 1 aromatic carbocycles. The van der Waals surface area contributed by atoms with Crippen LogP contribution in [0.25, 0.3) is 0 Å². The minimum atomic E-state index is 0. The number of hydrogen-bond donors (Lipinski definition) is 1. The van der Waals surface area contributed by atoms with Gasteiger partial charge < -0.3 is 24.6 Å².